The first-order valence-electron chi connectivity index (χ1n) is 6.71. The van der Waals surface area contributed by atoms with E-state index in [1.54, 1.807) is 37.1 Å². The summed E-state index contributed by atoms with van der Waals surface area (Å²) in [5.74, 6) is 0.950. The normalized spacial score (nSPS) is 25.6. The van der Waals surface area contributed by atoms with Crippen molar-refractivity contribution in [3.8, 4) is 0 Å². The molecule has 20 heavy (non-hydrogen) atoms. The third-order valence-electron chi connectivity index (χ3n) is 3.80. The van der Waals surface area contributed by atoms with E-state index in [2.05, 4.69) is 0 Å². The van der Waals surface area contributed by atoms with Crippen LogP contribution in [0.25, 0.3) is 0 Å². The van der Waals surface area contributed by atoms with Gasteiger partial charge in [-0.3, -0.25) is 4.79 Å². The smallest absolute Gasteiger partial charge is 0.248 e. The van der Waals surface area contributed by atoms with Gasteiger partial charge >= 0.3 is 0 Å². The fourth-order valence-electron chi connectivity index (χ4n) is 2.42. The molecule has 0 bridgehead atoms. The second-order valence-electron chi connectivity index (χ2n) is 5.59. The van der Waals surface area contributed by atoms with E-state index in [0.29, 0.717) is 13.1 Å². The van der Waals surface area contributed by atoms with Crippen LogP contribution in [0.2, 0.25) is 0 Å². The van der Waals surface area contributed by atoms with Gasteiger partial charge in [-0.2, -0.15) is 4.31 Å². The molecule has 2 rings (SSSR count). The molecule has 1 atom stereocenters. The predicted octanol–water partition coefficient (Wildman–Crippen LogP) is 0.000800. The summed E-state index contributed by atoms with van der Waals surface area (Å²) in [6, 6.07) is 0. The number of ether oxygens (including phenoxy) is 1. The fraction of sp³-hybridized carbons (Fsp3) is 0.917. The Labute approximate surface area is 124 Å². The number of carbonyl (C=O) groups excluding carboxylic acids is 1. The molecule has 8 heteroatoms. The van der Waals surface area contributed by atoms with E-state index in [1.165, 1.54) is 4.90 Å². The zero-order valence-electron chi connectivity index (χ0n) is 12.2. The van der Waals surface area contributed by atoms with Gasteiger partial charge in [0, 0.05) is 37.7 Å². The number of nitrogens with zero attached hydrogens (tertiary/aromatic N) is 2. The van der Waals surface area contributed by atoms with Gasteiger partial charge in [-0.05, 0) is 13.3 Å². The Morgan fingerprint density at radius 1 is 1.45 bits per heavy atom. The van der Waals surface area contributed by atoms with E-state index in [0.717, 1.165) is 12.2 Å². The van der Waals surface area contributed by atoms with Crippen molar-refractivity contribution in [1.82, 2.24) is 9.21 Å². The van der Waals surface area contributed by atoms with Crippen LogP contribution in [0.15, 0.2) is 0 Å². The minimum atomic E-state index is -3.06. The zero-order chi connectivity index (χ0) is 15.0. The van der Waals surface area contributed by atoms with Crippen molar-refractivity contribution in [3.63, 3.8) is 0 Å². The molecule has 0 saturated carbocycles. The first-order chi connectivity index (χ1) is 9.28. The zero-order valence-corrected chi connectivity index (χ0v) is 13.8. The predicted molar refractivity (Wildman–Crippen MR) is 79.3 cm³/mol. The molecular formula is C12H22N2O4S2. The number of carbonyl (C=O) groups is 1. The van der Waals surface area contributed by atoms with Gasteiger partial charge in [0.25, 0.3) is 0 Å². The highest BCUT2D eigenvalue weighted by Gasteiger charge is 2.52. The molecule has 2 aliphatic rings. The summed E-state index contributed by atoms with van der Waals surface area (Å²) in [5, 5.41) is 0. The Morgan fingerprint density at radius 2 is 2.10 bits per heavy atom. The van der Waals surface area contributed by atoms with Crippen molar-refractivity contribution < 1.29 is 17.9 Å². The lowest BCUT2D eigenvalue weighted by molar-refractivity contribution is -0.135. The van der Waals surface area contributed by atoms with Crippen LogP contribution in [0, 0.1) is 0 Å². The summed E-state index contributed by atoms with van der Waals surface area (Å²) in [6.45, 7) is 2.93. The molecule has 0 aromatic carbocycles. The van der Waals surface area contributed by atoms with Gasteiger partial charge in [0.2, 0.25) is 15.9 Å². The van der Waals surface area contributed by atoms with Gasteiger partial charge < -0.3 is 9.64 Å². The average molecular weight is 322 g/mol. The Hall–Kier alpha value is -0.310. The van der Waals surface area contributed by atoms with Crippen molar-refractivity contribution in [2.24, 2.45) is 0 Å². The first-order valence-corrected chi connectivity index (χ1v) is 9.31. The van der Waals surface area contributed by atoms with E-state index < -0.39 is 10.0 Å². The third-order valence-corrected chi connectivity index (χ3v) is 7.15. The highest BCUT2D eigenvalue weighted by atomic mass is 32.2. The van der Waals surface area contributed by atoms with Gasteiger partial charge in [0.05, 0.1) is 11.9 Å². The number of hydrogen-bond acceptors (Lipinski definition) is 5. The molecule has 0 aromatic rings. The van der Waals surface area contributed by atoms with Crippen LogP contribution in [-0.2, 0) is 19.6 Å². The number of amides is 1. The summed E-state index contributed by atoms with van der Waals surface area (Å²) in [5.41, 5.74) is 0. The average Bonchev–Trinajstić information content (AvgIpc) is 2.78. The van der Waals surface area contributed by atoms with Crippen LogP contribution in [-0.4, -0.2) is 79.7 Å². The summed E-state index contributed by atoms with van der Waals surface area (Å²) in [7, 11) is 0.348. The lowest BCUT2D eigenvalue weighted by Crippen LogP contribution is -2.60. The van der Waals surface area contributed by atoms with E-state index in [1.807, 2.05) is 0 Å². The SMILES string of the molecule is CCS(=O)(=O)N1CC2(CC(OCC(=O)N(C)C)CS2)C1. The van der Waals surface area contributed by atoms with Crippen molar-refractivity contribution in [3.05, 3.63) is 0 Å². The monoisotopic (exact) mass is 322 g/mol. The van der Waals surface area contributed by atoms with Crippen molar-refractivity contribution in [2.45, 2.75) is 24.2 Å². The molecule has 2 saturated heterocycles. The molecular weight excluding hydrogens is 300 g/mol. The number of hydrogen-bond donors (Lipinski definition) is 0. The van der Waals surface area contributed by atoms with E-state index >= 15 is 0 Å². The Bertz CT molecular complexity index is 472. The van der Waals surface area contributed by atoms with Gasteiger partial charge in [-0.15, -0.1) is 11.8 Å². The van der Waals surface area contributed by atoms with E-state index in [4.69, 9.17) is 4.74 Å². The molecule has 1 spiro atoms. The highest BCUT2D eigenvalue weighted by Crippen LogP contribution is 2.46. The summed E-state index contributed by atoms with van der Waals surface area (Å²) in [6.07, 6.45) is 0.879. The topological polar surface area (TPSA) is 66.9 Å². The summed E-state index contributed by atoms with van der Waals surface area (Å²) < 4.78 is 30.6. The minimum Gasteiger partial charge on any atom is -0.367 e. The van der Waals surface area contributed by atoms with Crippen LogP contribution in [0.3, 0.4) is 0 Å². The van der Waals surface area contributed by atoms with Gasteiger partial charge in [-0.1, -0.05) is 0 Å². The molecule has 0 aromatic heterocycles. The van der Waals surface area contributed by atoms with Crippen molar-refractivity contribution in [1.29, 1.82) is 0 Å². The molecule has 116 valence electrons. The Kier molecular flexibility index (Phi) is 4.68. The molecule has 0 N–H and O–H groups in total. The molecule has 2 heterocycles. The van der Waals surface area contributed by atoms with Crippen LogP contribution < -0.4 is 0 Å². The number of rotatable bonds is 5. The molecule has 0 aliphatic carbocycles. The third kappa shape index (κ3) is 3.29. The highest BCUT2D eigenvalue weighted by molar-refractivity contribution is 8.01. The van der Waals surface area contributed by atoms with Crippen molar-refractivity contribution >= 4 is 27.7 Å². The van der Waals surface area contributed by atoms with Crippen LogP contribution in [0.4, 0.5) is 0 Å². The minimum absolute atomic E-state index is 0.00801. The molecule has 0 radical (unpaired) electrons. The van der Waals surface area contributed by atoms with E-state index in [-0.39, 0.29) is 29.1 Å². The number of likely N-dealkylation sites (N-methyl/N-ethyl adjacent to an activating group) is 1. The largest absolute Gasteiger partial charge is 0.367 e. The second kappa shape index (κ2) is 5.82. The van der Waals surface area contributed by atoms with Crippen LogP contribution in [0.5, 0.6) is 0 Å². The number of thioether (sulfide) groups is 1. The lowest BCUT2D eigenvalue weighted by atomic mass is 9.95. The first kappa shape index (κ1) is 16.1. The summed E-state index contributed by atoms with van der Waals surface area (Å²) in [4.78, 5) is 13.0. The standard InChI is InChI=1S/C12H22N2O4S2/c1-4-20(16,17)14-8-12(9-14)5-10(7-19-12)18-6-11(15)13(2)3/h10H,4-9H2,1-3H3. The van der Waals surface area contributed by atoms with Gasteiger partial charge in [0.1, 0.15) is 6.61 Å². The molecule has 1 unspecified atom stereocenters. The second-order valence-corrected chi connectivity index (χ2v) is 9.33. The Balaban J connectivity index is 1.79. The summed E-state index contributed by atoms with van der Waals surface area (Å²) >= 11 is 1.77. The lowest BCUT2D eigenvalue weighted by Gasteiger charge is -2.46. The van der Waals surface area contributed by atoms with Crippen LogP contribution >= 0.6 is 11.8 Å². The van der Waals surface area contributed by atoms with E-state index in [9.17, 15) is 13.2 Å². The van der Waals surface area contributed by atoms with Crippen LogP contribution in [0.1, 0.15) is 13.3 Å². The quantitative estimate of drug-likeness (QED) is 0.713. The maximum atomic E-state index is 11.7. The Morgan fingerprint density at radius 3 is 2.65 bits per heavy atom. The maximum absolute atomic E-state index is 11.7. The molecule has 1 amide bonds. The number of sulfonamides is 1. The van der Waals surface area contributed by atoms with Crippen molar-refractivity contribution in [2.75, 3.05) is 45.3 Å². The fourth-order valence-corrected chi connectivity index (χ4v) is 5.39. The van der Waals surface area contributed by atoms with Gasteiger partial charge in [-0.25, -0.2) is 8.42 Å². The maximum Gasteiger partial charge on any atom is 0.248 e. The molecule has 2 fully saturated rings. The molecule has 6 nitrogen and oxygen atoms in total. The molecule has 2 aliphatic heterocycles. The van der Waals surface area contributed by atoms with Gasteiger partial charge in [0.15, 0.2) is 0 Å².